The zero-order valence-electron chi connectivity index (χ0n) is 15.6. The molecule has 0 aromatic heterocycles. The fourth-order valence-corrected chi connectivity index (χ4v) is 3.75. The Morgan fingerprint density at radius 2 is 2.07 bits per heavy atom. The van der Waals surface area contributed by atoms with Gasteiger partial charge in [-0.15, -0.1) is 0 Å². The highest BCUT2D eigenvalue weighted by atomic mass is 19.3. The zero-order chi connectivity index (χ0) is 19.2. The van der Waals surface area contributed by atoms with Crippen molar-refractivity contribution in [3.8, 4) is 5.75 Å². The van der Waals surface area contributed by atoms with Crippen molar-refractivity contribution in [2.75, 3.05) is 46.4 Å². The first-order valence-corrected chi connectivity index (χ1v) is 9.41. The normalized spacial score (nSPS) is 20.4. The van der Waals surface area contributed by atoms with Crippen LogP contribution >= 0.6 is 0 Å². The predicted octanol–water partition coefficient (Wildman–Crippen LogP) is 2.64. The van der Waals surface area contributed by atoms with E-state index in [-0.39, 0.29) is 17.8 Å². The number of fused-ring (bicyclic) bond motifs is 1. The summed E-state index contributed by atoms with van der Waals surface area (Å²) in [6.45, 7) is 1.81. The summed E-state index contributed by atoms with van der Waals surface area (Å²) in [5.74, 6) is 0.169. The molecular formula is C19H27F2N3O3. The maximum atomic E-state index is 12.7. The second-order valence-electron chi connectivity index (χ2n) is 6.95. The van der Waals surface area contributed by atoms with Crippen LogP contribution in [0.3, 0.4) is 0 Å². The number of hydrogen-bond acceptors (Lipinski definition) is 4. The van der Waals surface area contributed by atoms with Gasteiger partial charge in [-0.05, 0) is 42.5 Å². The van der Waals surface area contributed by atoms with Crippen LogP contribution in [0.5, 0.6) is 5.75 Å². The third-order valence-electron chi connectivity index (χ3n) is 5.22. The summed E-state index contributed by atoms with van der Waals surface area (Å²) in [7, 11) is 1.69. The van der Waals surface area contributed by atoms with E-state index in [4.69, 9.17) is 4.74 Å². The maximum absolute atomic E-state index is 12.7. The molecule has 0 spiro atoms. The van der Waals surface area contributed by atoms with Crippen LogP contribution in [0.2, 0.25) is 0 Å². The molecule has 0 unspecified atom stereocenters. The minimum atomic E-state index is -2.83. The Morgan fingerprint density at radius 3 is 2.78 bits per heavy atom. The first kappa shape index (κ1) is 19.8. The standard InChI is InChI=1S/C19H27F2N3O3/c1-26-12-11-23-7-9-24(10-8-23)19(25)22-17-4-2-3-14-13-15(27-18(20)21)5-6-16(14)17/h5-6,13,17-18H,2-4,7-12H2,1H3,(H,22,25)/t17-/m0/s1. The second kappa shape index (κ2) is 9.32. The molecule has 1 aromatic rings. The number of alkyl halides is 2. The number of ether oxygens (including phenoxy) is 2. The van der Waals surface area contributed by atoms with Crippen LogP contribution in [0.15, 0.2) is 18.2 Å². The van der Waals surface area contributed by atoms with Crippen molar-refractivity contribution in [2.45, 2.75) is 31.9 Å². The molecule has 1 aliphatic heterocycles. The SMILES string of the molecule is COCCN1CCN(C(=O)N[C@H]2CCCc3cc(OC(F)F)ccc32)CC1. The number of urea groups is 1. The Hall–Kier alpha value is -1.93. The summed E-state index contributed by atoms with van der Waals surface area (Å²) in [5.41, 5.74) is 1.96. The van der Waals surface area contributed by atoms with Crippen molar-refractivity contribution >= 4 is 6.03 Å². The van der Waals surface area contributed by atoms with Gasteiger partial charge in [0.2, 0.25) is 0 Å². The first-order chi connectivity index (χ1) is 13.1. The Kier molecular flexibility index (Phi) is 6.84. The molecule has 2 amide bonds. The summed E-state index contributed by atoms with van der Waals surface area (Å²) in [6.07, 6.45) is 2.56. The average Bonchev–Trinajstić information content (AvgIpc) is 2.66. The van der Waals surface area contributed by atoms with Crippen LogP contribution in [0, 0.1) is 0 Å². The summed E-state index contributed by atoms with van der Waals surface area (Å²) >= 11 is 0. The quantitative estimate of drug-likeness (QED) is 0.821. The summed E-state index contributed by atoms with van der Waals surface area (Å²) < 4.78 is 34.4. The smallest absolute Gasteiger partial charge is 0.387 e. The third-order valence-corrected chi connectivity index (χ3v) is 5.22. The van der Waals surface area contributed by atoms with Gasteiger partial charge in [0.1, 0.15) is 5.75 Å². The second-order valence-corrected chi connectivity index (χ2v) is 6.95. The number of carbonyl (C=O) groups is 1. The van der Waals surface area contributed by atoms with Gasteiger partial charge in [-0.1, -0.05) is 6.07 Å². The van der Waals surface area contributed by atoms with E-state index in [0.717, 1.165) is 50.0 Å². The van der Waals surface area contributed by atoms with E-state index in [1.165, 1.54) is 0 Å². The number of halogens is 2. The van der Waals surface area contributed by atoms with E-state index in [2.05, 4.69) is 15.0 Å². The summed E-state index contributed by atoms with van der Waals surface area (Å²) in [6, 6.07) is 4.85. The summed E-state index contributed by atoms with van der Waals surface area (Å²) in [4.78, 5) is 16.8. The number of nitrogens with zero attached hydrogens (tertiary/aromatic N) is 2. The molecular weight excluding hydrogens is 356 g/mol. The van der Waals surface area contributed by atoms with E-state index in [0.29, 0.717) is 19.7 Å². The molecule has 2 aliphatic rings. The molecule has 1 N–H and O–H groups in total. The molecule has 0 bridgehead atoms. The minimum absolute atomic E-state index is 0.0628. The average molecular weight is 383 g/mol. The largest absolute Gasteiger partial charge is 0.435 e. The molecule has 1 aromatic carbocycles. The van der Waals surface area contributed by atoms with Gasteiger partial charge >= 0.3 is 12.6 Å². The fourth-order valence-electron chi connectivity index (χ4n) is 3.75. The van der Waals surface area contributed by atoms with Crippen molar-refractivity contribution in [3.63, 3.8) is 0 Å². The van der Waals surface area contributed by atoms with Crippen molar-refractivity contribution in [1.29, 1.82) is 0 Å². The molecule has 1 fully saturated rings. The Labute approximate surface area is 158 Å². The van der Waals surface area contributed by atoms with Crippen LogP contribution < -0.4 is 10.1 Å². The molecule has 1 saturated heterocycles. The Morgan fingerprint density at radius 1 is 1.30 bits per heavy atom. The van der Waals surface area contributed by atoms with E-state index < -0.39 is 6.61 Å². The van der Waals surface area contributed by atoms with Gasteiger partial charge in [-0.25, -0.2) is 4.79 Å². The highest BCUT2D eigenvalue weighted by molar-refractivity contribution is 5.75. The molecule has 0 radical (unpaired) electrons. The Bertz CT molecular complexity index is 637. The minimum Gasteiger partial charge on any atom is -0.435 e. The van der Waals surface area contributed by atoms with Gasteiger partial charge in [-0.3, -0.25) is 4.90 Å². The highest BCUT2D eigenvalue weighted by Gasteiger charge is 2.26. The van der Waals surface area contributed by atoms with E-state index in [9.17, 15) is 13.6 Å². The molecule has 8 heteroatoms. The van der Waals surface area contributed by atoms with Crippen molar-refractivity contribution in [1.82, 2.24) is 15.1 Å². The lowest BCUT2D eigenvalue weighted by atomic mass is 9.87. The number of amides is 2. The van der Waals surface area contributed by atoms with Crippen molar-refractivity contribution in [3.05, 3.63) is 29.3 Å². The van der Waals surface area contributed by atoms with E-state index in [1.54, 1.807) is 25.3 Å². The molecule has 1 heterocycles. The summed E-state index contributed by atoms with van der Waals surface area (Å²) in [5, 5.41) is 3.12. The molecule has 150 valence electrons. The van der Waals surface area contributed by atoms with Gasteiger partial charge in [0.05, 0.1) is 12.6 Å². The fraction of sp³-hybridized carbons (Fsp3) is 0.632. The van der Waals surface area contributed by atoms with Gasteiger partial charge in [0, 0.05) is 39.8 Å². The lowest BCUT2D eigenvalue weighted by Crippen LogP contribution is -2.52. The van der Waals surface area contributed by atoms with Crippen LogP contribution in [0.1, 0.15) is 30.0 Å². The molecule has 0 saturated carbocycles. The number of hydrogen-bond donors (Lipinski definition) is 1. The number of nitrogens with one attached hydrogen (secondary N) is 1. The van der Waals surface area contributed by atoms with Crippen LogP contribution in [-0.2, 0) is 11.2 Å². The molecule has 27 heavy (non-hydrogen) atoms. The third kappa shape index (κ3) is 5.29. The topological polar surface area (TPSA) is 54.0 Å². The number of piperazine rings is 1. The first-order valence-electron chi connectivity index (χ1n) is 9.41. The van der Waals surface area contributed by atoms with Crippen LogP contribution in [-0.4, -0.2) is 68.9 Å². The van der Waals surface area contributed by atoms with Crippen molar-refractivity contribution in [2.24, 2.45) is 0 Å². The van der Waals surface area contributed by atoms with E-state index in [1.807, 2.05) is 4.90 Å². The number of rotatable bonds is 6. The van der Waals surface area contributed by atoms with Gasteiger partial charge in [0.25, 0.3) is 0 Å². The molecule has 3 rings (SSSR count). The van der Waals surface area contributed by atoms with Gasteiger partial charge in [0.15, 0.2) is 0 Å². The maximum Gasteiger partial charge on any atom is 0.387 e. The van der Waals surface area contributed by atoms with Crippen molar-refractivity contribution < 1.29 is 23.0 Å². The highest BCUT2D eigenvalue weighted by Crippen LogP contribution is 2.32. The lowest BCUT2D eigenvalue weighted by Gasteiger charge is -2.36. The predicted molar refractivity (Wildman–Crippen MR) is 97.2 cm³/mol. The number of benzene rings is 1. The molecule has 1 aliphatic carbocycles. The Balaban J connectivity index is 1.57. The number of carbonyl (C=O) groups excluding carboxylic acids is 1. The molecule has 1 atom stereocenters. The van der Waals surface area contributed by atoms with Gasteiger partial charge in [-0.2, -0.15) is 8.78 Å². The zero-order valence-corrected chi connectivity index (χ0v) is 15.6. The van der Waals surface area contributed by atoms with Gasteiger partial charge < -0.3 is 19.7 Å². The number of methoxy groups -OCH3 is 1. The van der Waals surface area contributed by atoms with Crippen LogP contribution in [0.25, 0.3) is 0 Å². The van der Waals surface area contributed by atoms with E-state index >= 15 is 0 Å². The number of aryl methyl sites for hydroxylation is 1. The monoisotopic (exact) mass is 383 g/mol. The molecule has 6 nitrogen and oxygen atoms in total. The van der Waals surface area contributed by atoms with Crippen LogP contribution in [0.4, 0.5) is 13.6 Å². The lowest BCUT2D eigenvalue weighted by molar-refractivity contribution is -0.0499.